The average molecular weight is 609 g/mol. The molecule has 2 aromatic carbocycles. The van der Waals surface area contributed by atoms with Crippen LogP contribution in [0.3, 0.4) is 0 Å². The lowest BCUT2D eigenvalue weighted by atomic mass is 10.1. The molecule has 0 aromatic heterocycles. The van der Waals surface area contributed by atoms with E-state index in [-0.39, 0.29) is 24.8 Å². The van der Waals surface area contributed by atoms with Gasteiger partial charge in [0.1, 0.15) is 18.3 Å². The van der Waals surface area contributed by atoms with Gasteiger partial charge in [-0.15, -0.1) is 11.8 Å². The Kier molecular flexibility index (Phi) is 11.4. The van der Waals surface area contributed by atoms with Crippen LogP contribution in [0.25, 0.3) is 0 Å². The largest absolute Gasteiger partial charge is 0.405 e. The standard InChI is InChI=1S/C28H32F4N6O3S/c1-3-38-25(13-18(15-33)26(40)35-17-28(30,31)32)42-23(27(38)41)11-12-34-19-7-6-8-20(14-19)36-24(39)16-37(2)22-10-5-4-9-21(22)29/h4-10,14,18,23,25,34H,3,11-13,16-17H2,1-2H3,(H,35,40)(H,36,39). The third-order valence-electron chi connectivity index (χ3n) is 6.47. The molecule has 0 spiro atoms. The van der Waals surface area contributed by atoms with Crippen molar-refractivity contribution in [3.63, 3.8) is 0 Å². The van der Waals surface area contributed by atoms with Gasteiger partial charge in [0.05, 0.1) is 28.9 Å². The van der Waals surface area contributed by atoms with Crippen molar-refractivity contribution in [3.05, 3.63) is 54.3 Å². The van der Waals surface area contributed by atoms with E-state index in [2.05, 4.69) is 10.6 Å². The number of nitrogens with zero attached hydrogens (tertiary/aromatic N) is 3. The van der Waals surface area contributed by atoms with E-state index in [1.807, 2.05) is 0 Å². The van der Waals surface area contributed by atoms with Crippen LogP contribution in [-0.4, -0.2) is 72.6 Å². The normalized spacial score (nSPS) is 17.4. The maximum atomic E-state index is 14.0. The first kappa shape index (κ1) is 32.5. The van der Waals surface area contributed by atoms with Crippen LogP contribution in [-0.2, 0) is 14.4 Å². The minimum Gasteiger partial charge on any atom is -0.385 e. The molecule has 0 aliphatic carbocycles. The summed E-state index contributed by atoms with van der Waals surface area (Å²) >= 11 is 1.28. The first-order chi connectivity index (χ1) is 19.9. The fraction of sp³-hybridized carbons (Fsp3) is 0.429. The Morgan fingerprint density at radius 2 is 1.88 bits per heavy atom. The van der Waals surface area contributed by atoms with Crippen LogP contribution >= 0.6 is 11.8 Å². The van der Waals surface area contributed by atoms with E-state index in [1.54, 1.807) is 67.8 Å². The Balaban J connectivity index is 1.51. The van der Waals surface area contributed by atoms with Gasteiger partial charge in [0.15, 0.2) is 0 Å². The minimum atomic E-state index is -4.59. The van der Waals surface area contributed by atoms with Crippen molar-refractivity contribution in [2.75, 3.05) is 48.8 Å². The van der Waals surface area contributed by atoms with Crippen molar-refractivity contribution in [2.24, 2.45) is 5.92 Å². The third kappa shape index (κ3) is 9.27. The van der Waals surface area contributed by atoms with Gasteiger partial charge in [0.25, 0.3) is 0 Å². The molecule has 1 fully saturated rings. The van der Waals surface area contributed by atoms with Crippen LogP contribution < -0.4 is 20.9 Å². The van der Waals surface area contributed by atoms with Crippen molar-refractivity contribution < 1.29 is 31.9 Å². The molecule has 3 atom stereocenters. The fourth-order valence-corrected chi connectivity index (χ4v) is 6.02. The number of amides is 3. The number of carbonyl (C=O) groups excluding carboxylic acids is 3. The molecule has 1 saturated heterocycles. The van der Waals surface area contributed by atoms with Crippen LogP contribution in [0.4, 0.5) is 34.6 Å². The van der Waals surface area contributed by atoms with E-state index in [0.29, 0.717) is 36.6 Å². The molecule has 226 valence electrons. The van der Waals surface area contributed by atoms with E-state index in [9.17, 15) is 37.2 Å². The number of halogens is 4. The number of nitriles is 1. The number of benzene rings is 2. The van der Waals surface area contributed by atoms with Gasteiger partial charge in [0, 0.05) is 37.9 Å². The van der Waals surface area contributed by atoms with Crippen LogP contribution in [0.2, 0.25) is 0 Å². The number of para-hydroxylation sites is 1. The molecule has 1 aliphatic heterocycles. The number of thioether (sulfide) groups is 1. The molecule has 0 saturated carbocycles. The van der Waals surface area contributed by atoms with Crippen molar-refractivity contribution >= 4 is 46.5 Å². The number of nitrogens with one attached hydrogen (secondary N) is 3. The Bertz CT molecular complexity index is 1300. The summed E-state index contributed by atoms with van der Waals surface area (Å²) in [6, 6.07) is 14.9. The van der Waals surface area contributed by atoms with Gasteiger partial charge in [-0.1, -0.05) is 18.2 Å². The molecule has 0 bridgehead atoms. The first-order valence-electron chi connectivity index (χ1n) is 13.2. The monoisotopic (exact) mass is 608 g/mol. The molecular formula is C28H32F4N6O3S. The minimum absolute atomic E-state index is 0.0641. The zero-order valence-electron chi connectivity index (χ0n) is 23.1. The molecule has 2 aromatic rings. The lowest BCUT2D eigenvalue weighted by Crippen LogP contribution is -2.40. The number of hydrogen-bond acceptors (Lipinski definition) is 7. The zero-order chi connectivity index (χ0) is 30.9. The average Bonchev–Trinajstić information content (AvgIpc) is 3.23. The number of hydrogen-bond donors (Lipinski definition) is 3. The van der Waals surface area contributed by atoms with E-state index < -0.39 is 41.0 Å². The molecule has 9 nitrogen and oxygen atoms in total. The van der Waals surface area contributed by atoms with Crippen LogP contribution in [0.1, 0.15) is 19.8 Å². The zero-order valence-corrected chi connectivity index (χ0v) is 23.9. The van der Waals surface area contributed by atoms with Gasteiger partial charge in [0.2, 0.25) is 17.7 Å². The van der Waals surface area contributed by atoms with E-state index in [4.69, 9.17) is 0 Å². The second kappa shape index (κ2) is 14.8. The number of likely N-dealkylation sites (N-methyl/N-ethyl adjacent to an activating group) is 1. The predicted molar refractivity (Wildman–Crippen MR) is 153 cm³/mol. The maximum Gasteiger partial charge on any atom is 0.405 e. The number of carbonyl (C=O) groups is 3. The molecule has 42 heavy (non-hydrogen) atoms. The van der Waals surface area contributed by atoms with Crippen LogP contribution in [0, 0.1) is 23.1 Å². The predicted octanol–water partition coefficient (Wildman–Crippen LogP) is 4.20. The lowest BCUT2D eigenvalue weighted by molar-refractivity contribution is -0.140. The molecule has 3 N–H and O–H groups in total. The highest BCUT2D eigenvalue weighted by Gasteiger charge is 2.41. The summed E-state index contributed by atoms with van der Waals surface area (Å²) in [6.07, 6.45) is -4.26. The first-order valence-corrected chi connectivity index (χ1v) is 14.2. The summed E-state index contributed by atoms with van der Waals surface area (Å²) in [5, 5.41) is 16.1. The van der Waals surface area contributed by atoms with Crippen LogP contribution in [0.5, 0.6) is 0 Å². The summed E-state index contributed by atoms with van der Waals surface area (Å²) in [7, 11) is 1.62. The highest BCUT2D eigenvalue weighted by molar-refractivity contribution is 8.01. The molecule has 0 radical (unpaired) electrons. The number of alkyl halides is 3. The van der Waals surface area contributed by atoms with Gasteiger partial charge in [-0.05, 0) is 43.7 Å². The molecule has 3 unspecified atom stereocenters. The molecule has 1 heterocycles. The second-order valence-electron chi connectivity index (χ2n) is 9.61. The maximum absolute atomic E-state index is 14.0. The SMILES string of the molecule is CCN1C(=O)C(CCNc2cccc(NC(=O)CN(C)c3ccccc3F)c2)SC1CC(C#N)C(=O)NCC(F)(F)F. The molecule has 3 amide bonds. The van der Waals surface area contributed by atoms with Gasteiger partial charge in [-0.2, -0.15) is 18.4 Å². The molecule has 1 aliphatic rings. The van der Waals surface area contributed by atoms with Crippen molar-refractivity contribution in [2.45, 2.75) is 36.6 Å². The lowest BCUT2D eigenvalue weighted by Gasteiger charge is -2.23. The highest BCUT2D eigenvalue weighted by Crippen LogP contribution is 2.37. The number of rotatable bonds is 13. The Morgan fingerprint density at radius 1 is 1.17 bits per heavy atom. The Labute approximate surface area is 245 Å². The van der Waals surface area contributed by atoms with E-state index in [1.165, 1.54) is 27.6 Å². The molecular weight excluding hydrogens is 576 g/mol. The summed E-state index contributed by atoms with van der Waals surface area (Å²) in [5.41, 5.74) is 1.53. The number of anilines is 3. The topological polar surface area (TPSA) is 118 Å². The van der Waals surface area contributed by atoms with Crippen molar-refractivity contribution in [1.29, 1.82) is 5.26 Å². The van der Waals surface area contributed by atoms with Gasteiger partial charge in [-0.25, -0.2) is 4.39 Å². The Morgan fingerprint density at radius 3 is 2.55 bits per heavy atom. The Hall–Kier alpha value is -3.99. The summed E-state index contributed by atoms with van der Waals surface area (Å²) in [6.45, 7) is 0.893. The van der Waals surface area contributed by atoms with E-state index >= 15 is 0 Å². The van der Waals surface area contributed by atoms with Crippen molar-refractivity contribution in [1.82, 2.24) is 10.2 Å². The van der Waals surface area contributed by atoms with E-state index in [0.717, 1.165) is 0 Å². The third-order valence-corrected chi connectivity index (χ3v) is 7.99. The van der Waals surface area contributed by atoms with Crippen LogP contribution in [0.15, 0.2) is 48.5 Å². The van der Waals surface area contributed by atoms with Crippen molar-refractivity contribution in [3.8, 4) is 6.07 Å². The van der Waals surface area contributed by atoms with Gasteiger partial charge >= 0.3 is 6.18 Å². The second-order valence-corrected chi connectivity index (χ2v) is 11.0. The summed E-state index contributed by atoms with van der Waals surface area (Å²) in [5.74, 6) is -3.27. The summed E-state index contributed by atoms with van der Waals surface area (Å²) in [4.78, 5) is 40.6. The summed E-state index contributed by atoms with van der Waals surface area (Å²) < 4.78 is 51.3. The molecule has 3 rings (SSSR count). The smallest absolute Gasteiger partial charge is 0.385 e. The highest BCUT2D eigenvalue weighted by atomic mass is 32.2. The molecule has 14 heteroatoms. The van der Waals surface area contributed by atoms with Gasteiger partial charge in [-0.3, -0.25) is 14.4 Å². The van der Waals surface area contributed by atoms with Gasteiger partial charge < -0.3 is 25.8 Å². The quantitative estimate of drug-likeness (QED) is 0.292. The fourth-order valence-electron chi connectivity index (χ4n) is 4.43.